The summed E-state index contributed by atoms with van der Waals surface area (Å²) in [6.07, 6.45) is 4.14. The maximum atomic E-state index is 11.1. The SMILES string of the molecule is COC1CCCC(S(=O)(=O)Cl)CC1. The first kappa shape index (κ1) is 11.3. The molecule has 78 valence electrons. The minimum Gasteiger partial charge on any atom is -0.381 e. The molecule has 0 aromatic rings. The summed E-state index contributed by atoms with van der Waals surface area (Å²) in [4.78, 5) is 0. The van der Waals surface area contributed by atoms with Gasteiger partial charge in [0, 0.05) is 17.8 Å². The lowest BCUT2D eigenvalue weighted by Crippen LogP contribution is -2.15. The first-order chi connectivity index (χ1) is 6.04. The first-order valence-electron chi connectivity index (χ1n) is 4.50. The van der Waals surface area contributed by atoms with Gasteiger partial charge in [-0.1, -0.05) is 0 Å². The maximum absolute atomic E-state index is 11.1. The van der Waals surface area contributed by atoms with E-state index < -0.39 is 9.05 Å². The van der Waals surface area contributed by atoms with Crippen LogP contribution in [0.3, 0.4) is 0 Å². The van der Waals surface area contributed by atoms with Gasteiger partial charge in [0.15, 0.2) is 0 Å². The Bertz CT molecular complexity index is 250. The van der Waals surface area contributed by atoms with Crippen LogP contribution < -0.4 is 0 Å². The average molecular weight is 227 g/mol. The normalized spacial score (nSPS) is 31.2. The average Bonchev–Trinajstić information content (AvgIpc) is 2.26. The van der Waals surface area contributed by atoms with Crippen LogP contribution in [0.2, 0.25) is 0 Å². The predicted octanol–water partition coefficient (Wildman–Crippen LogP) is 1.90. The second kappa shape index (κ2) is 4.62. The fourth-order valence-corrected chi connectivity index (χ4v) is 3.15. The van der Waals surface area contributed by atoms with E-state index in [0.29, 0.717) is 12.8 Å². The van der Waals surface area contributed by atoms with Crippen LogP contribution in [0.15, 0.2) is 0 Å². The molecule has 0 heterocycles. The molecule has 0 amide bonds. The third-order valence-electron chi connectivity index (χ3n) is 2.59. The molecule has 1 saturated carbocycles. The van der Waals surface area contributed by atoms with Crippen molar-refractivity contribution in [2.24, 2.45) is 0 Å². The molecule has 0 aliphatic heterocycles. The van der Waals surface area contributed by atoms with Crippen LogP contribution in [0, 0.1) is 0 Å². The summed E-state index contributed by atoms with van der Waals surface area (Å²) in [7, 11) is 3.61. The Morgan fingerprint density at radius 1 is 1.23 bits per heavy atom. The maximum Gasteiger partial charge on any atom is 0.235 e. The Morgan fingerprint density at radius 2 is 1.92 bits per heavy atom. The van der Waals surface area contributed by atoms with Crippen molar-refractivity contribution < 1.29 is 13.2 Å². The minimum absolute atomic E-state index is 0.211. The van der Waals surface area contributed by atoms with Crippen molar-refractivity contribution in [3.8, 4) is 0 Å². The van der Waals surface area contributed by atoms with Gasteiger partial charge < -0.3 is 4.74 Å². The molecule has 0 saturated heterocycles. The van der Waals surface area contributed by atoms with Crippen molar-refractivity contribution in [3.05, 3.63) is 0 Å². The van der Waals surface area contributed by atoms with Gasteiger partial charge in [-0.25, -0.2) is 8.42 Å². The summed E-state index contributed by atoms with van der Waals surface area (Å²) in [5, 5.41) is -0.366. The van der Waals surface area contributed by atoms with E-state index in [1.807, 2.05) is 0 Å². The van der Waals surface area contributed by atoms with Crippen molar-refractivity contribution in [1.29, 1.82) is 0 Å². The summed E-state index contributed by atoms with van der Waals surface area (Å²) in [5.41, 5.74) is 0. The Morgan fingerprint density at radius 3 is 2.46 bits per heavy atom. The van der Waals surface area contributed by atoms with Crippen molar-refractivity contribution in [2.75, 3.05) is 7.11 Å². The van der Waals surface area contributed by atoms with Crippen LogP contribution in [0.1, 0.15) is 32.1 Å². The van der Waals surface area contributed by atoms with Crippen molar-refractivity contribution in [3.63, 3.8) is 0 Å². The van der Waals surface area contributed by atoms with Crippen LogP contribution >= 0.6 is 10.7 Å². The number of hydrogen-bond acceptors (Lipinski definition) is 3. The lowest BCUT2D eigenvalue weighted by atomic mass is 10.2. The highest BCUT2D eigenvalue weighted by Gasteiger charge is 2.26. The Balaban J connectivity index is 2.55. The molecule has 0 spiro atoms. The van der Waals surface area contributed by atoms with E-state index in [1.54, 1.807) is 7.11 Å². The molecular weight excluding hydrogens is 212 g/mol. The van der Waals surface area contributed by atoms with Gasteiger partial charge in [-0.2, -0.15) is 0 Å². The van der Waals surface area contributed by atoms with Crippen molar-refractivity contribution >= 4 is 19.7 Å². The molecule has 13 heavy (non-hydrogen) atoms. The van der Waals surface area contributed by atoms with Crippen LogP contribution in [0.5, 0.6) is 0 Å². The van der Waals surface area contributed by atoms with Gasteiger partial charge in [0.05, 0.1) is 11.4 Å². The molecule has 0 radical (unpaired) electrons. The Labute approximate surface area is 83.8 Å². The minimum atomic E-state index is -3.36. The van der Waals surface area contributed by atoms with Gasteiger partial charge in [0.2, 0.25) is 9.05 Å². The molecule has 1 aliphatic rings. The van der Waals surface area contributed by atoms with Crippen molar-refractivity contribution in [1.82, 2.24) is 0 Å². The summed E-state index contributed by atoms with van der Waals surface area (Å²) in [6.45, 7) is 0. The zero-order valence-electron chi connectivity index (χ0n) is 7.70. The molecule has 0 bridgehead atoms. The largest absolute Gasteiger partial charge is 0.381 e. The summed E-state index contributed by atoms with van der Waals surface area (Å²) >= 11 is 0. The molecule has 3 nitrogen and oxygen atoms in total. The zero-order valence-corrected chi connectivity index (χ0v) is 9.27. The Hall–Kier alpha value is 0.200. The second-order valence-electron chi connectivity index (χ2n) is 3.46. The smallest absolute Gasteiger partial charge is 0.235 e. The number of halogens is 1. The van der Waals surface area contributed by atoms with Crippen LogP contribution in [-0.2, 0) is 13.8 Å². The van der Waals surface area contributed by atoms with Crippen molar-refractivity contribution in [2.45, 2.75) is 43.5 Å². The lowest BCUT2D eigenvalue weighted by Gasteiger charge is -2.11. The number of methoxy groups -OCH3 is 1. The quantitative estimate of drug-likeness (QED) is 0.534. The van der Waals surface area contributed by atoms with Crippen LogP contribution in [-0.4, -0.2) is 26.9 Å². The van der Waals surface area contributed by atoms with Gasteiger partial charge in [-0.3, -0.25) is 0 Å². The molecule has 2 atom stereocenters. The number of hydrogen-bond donors (Lipinski definition) is 0. The van der Waals surface area contributed by atoms with Crippen LogP contribution in [0.4, 0.5) is 0 Å². The molecule has 5 heteroatoms. The third kappa shape index (κ3) is 3.44. The Kier molecular flexibility index (Phi) is 4.01. The van der Waals surface area contributed by atoms with E-state index in [-0.39, 0.29) is 11.4 Å². The molecule has 1 rings (SSSR count). The molecule has 1 aliphatic carbocycles. The van der Waals surface area contributed by atoms with E-state index in [9.17, 15) is 8.42 Å². The summed E-state index contributed by atoms with van der Waals surface area (Å²) in [5.74, 6) is 0. The topological polar surface area (TPSA) is 43.4 Å². The molecule has 0 N–H and O–H groups in total. The molecule has 2 unspecified atom stereocenters. The van der Waals surface area contributed by atoms with Gasteiger partial charge in [0.25, 0.3) is 0 Å². The number of rotatable bonds is 2. The highest BCUT2D eigenvalue weighted by Crippen LogP contribution is 2.26. The standard InChI is InChI=1S/C8H15ClO3S/c1-12-7-3-2-4-8(6-5-7)13(9,10)11/h7-8H,2-6H2,1H3. The fourth-order valence-electron chi connectivity index (χ4n) is 1.75. The summed E-state index contributed by atoms with van der Waals surface area (Å²) in [6, 6.07) is 0. The second-order valence-corrected chi connectivity index (χ2v) is 6.37. The predicted molar refractivity (Wildman–Crippen MR) is 52.4 cm³/mol. The van der Waals surface area contributed by atoms with Gasteiger partial charge in [0.1, 0.15) is 0 Å². The van der Waals surface area contributed by atoms with E-state index in [2.05, 4.69) is 0 Å². The molecule has 1 fully saturated rings. The van der Waals surface area contributed by atoms with E-state index in [1.165, 1.54) is 0 Å². The third-order valence-corrected chi connectivity index (χ3v) is 4.62. The lowest BCUT2D eigenvalue weighted by molar-refractivity contribution is 0.0901. The first-order valence-corrected chi connectivity index (χ1v) is 6.87. The van der Waals surface area contributed by atoms with Gasteiger partial charge in [-0.15, -0.1) is 0 Å². The molecule has 0 aromatic carbocycles. The van der Waals surface area contributed by atoms with Gasteiger partial charge >= 0.3 is 0 Å². The fraction of sp³-hybridized carbons (Fsp3) is 1.00. The highest BCUT2D eigenvalue weighted by atomic mass is 35.7. The monoisotopic (exact) mass is 226 g/mol. The van der Waals surface area contributed by atoms with Gasteiger partial charge in [-0.05, 0) is 32.1 Å². The summed E-state index contributed by atoms with van der Waals surface area (Å²) < 4.78 is 27.3. The van der Waals surface area contributed by atoms with E-state index >= 15 is 0 Å². The molecule has 0 aromatic heterocycles. The zero-order chi connectivity index (χ0) is 9.90. The number of ether oxygens (including phenoxy) is 1. The van der Waals surface area contributed by atoms with E-state index in [4.69, 9.17) is 15.4 Å². The highest BCUT2D eigenvalue weighted by molar-refractivity contribution is 8.14. The molecular formula is C8H15ClO3S. The van der Waals surface area contributed by atoms with Crippen LogP contribution in [0.25, 0.3) is 0 Å². The van der Waals surface area contributed by atoms with E-state index in [0.717, 1.165) is 19.3 Å².